The highest BCUT2D eigenvalue weighted by Gasteiger charge is 2.42. The van der Waals surface area contributed by atoms with Crippen molar-refractivity contribution in [2.24, 2.45) is 11.8 Å². The number of aromatic hydroxyl groups is 1. The van der Waals surface area contributed by atoms with E-state index in [1.54, 1.807) is 82.3 Å². The van der Waals surface area contributed by atoms with Gasteiger partial charge in [-0.15, -0.1) is 0 Å². The van der Waals surface area contributed by atoms with Crippen molar-refractivity contribution in [2.75, 3.05) is 13.1 Å². The predicted octanol–water partition coefficient (Wildman–Crippen LogP) is 2.47. The summed E-state index contributed by atoms with van der Waals surface area (Å²) in [5, 5.41) is 42.7. The molecule has 21 nitrogen and oxygen atoms in total. The molecule has 2 aliphatic heterocycles. The summed E-state index contributed by atoms with van der Waals surface area (Å²) in [4.78, 5) is 137. The highest BCUT2D eigenvalue weighted by molar-refractivity contribution is 6.01. The molecule has 3 aromatic rings. The molecule has 398 valence electrons. The van der Waals surface area contributed by atoms with Gasteiger partial charge < -0.3 is 56.4 Å². The Labute approximate surface area is 429 Å². The second-order valence-corrected chi connectivity index (χ2v) is 19.1. The van der Waals surface area contributed by atoms with Gasteiger partial charge in [0.2, 0.25) is 35.4 Å². The number of carboxylic acid groups (broad SMARTS) is 2. The van der Waals surface area contributed by atoms with Gasteiger partial charge in [-0.3, -0.25) is 43.2 Å². The number of nitrogens with one attached hydrogen (secondary N) is 5. The summed E-state index contributed by atoms with van der Waals surface area (Å²) in [6.07, 6.45) is 0.543. The number of likely N-dealkylation sites (tertiary alicyclic amines) is 2. The molecule has 2 aliphatic rings. The zero-order valence-corrected chi connectivity index (χ0v) is 42.2. The number of esters is 1. The van der Waals surface area contributed by atoms with Crippen molar-refractivity contribution in [2.45, 2.75) is 135 Å². The van der Waals surface area contributed by atoms with Crippen molar-refractivity contribution in [1.29, 1.82) is 0 Å². The number of hydrogen-bond donors (Lipinski definition) is 8. The van der Waals surface area contributed by atoms with Crippen molar-refractivity contribution in [3.05, 3.63) is 95.6 Å². The van der Waals surface area contributed by atoms with Crippen LogP contribution in [0.3, 0.4) is 0 Å². The number of carboxylic acids is 2. The van der Waals surface area contributed by atoms with Crippen molar-refractivity contribution >= 4 is 59.3 Å². The second kappa shape index (κ2) is 26.7. The first kappa shape index (κ1) is 57.1. The summed E-state index contributed by atoms with van der Waals surface area (Å²) in [7, 11) is 0. The lowest BCUT2D eigenvalue weighted by atomic mass is 9.98. The normalized spacial score (nSPS) is 17.6. The lowest BCUT2D eigenvalue weighted by molar-refractivity contribution is -0.146. The molecule has 3 aromatic carbocycles. The number of aliphatic carboxylic acids is 2. The lowest BCUT2D eigenvalue weighted by Gasteiger charge is -2.32. The average molecular weight is 1030 g/mol. The van der Waals surface area contributed by atoms with Crippen LogP contribution in [0.15, 0.2) is 78.9 Å². The molecule has 2 heterocycles. The Morgan fingerprint density at radius 1 is 0.635 bits per heavy atom. The summed E-state index contributed by atoms with van der Waals surface area (Å²) >= 11 is 0. The average Bonchev–Trinajstić information content (AvgIpc) is 4.07. The molecule has 0 bridgehead atoms. The Hall–Kier alpha value is -7.84. The van der Waals surface area contributed by atoms with Gasteiger partial charge in [-0.25, -0.2) is 4.79 Å². The molecule has 8 N–H and O–H groups in total. The van der Waals surface area contributed by atoms with Gasteiger partial charge in [0.1, 0.15) is 53.8 Å². The molecular weight excluding hydrogens is 959 g/mol. The molecule has 0 radical (unpaired) electrons. The van der Waals surface area contributed by atoms with Crippen LogP contribution in [-0.2, 0) is 56.0 Å². The predicted molar refractivity (Wildman–Crippen MR) is 267 cm³/mol. The van der Waals surface area contributed by atoms with E-state index >= 15 is 0 Å². The van der Waals surface area contributed by atoms with Crippen LogP contribution in [0.5, 0.6) is 11.5 Å². The Morgan fingerprint density at radius 2 is 1.19 bits per heavy atom. The van der Waals surface area contributed by atoms with Crippen molar-refractivity contribution in [3.63, 3.8) is 0 Å². The number of amides is 7. The minimum atomic E-state index is -1.47. The number of benzene rings is 3. The van der Waals surface area contributed by atoms with Gasteiger partial charge in [0.25, 0.3) is 5.91 Å². The molecule has 0 saturated carbocycles. The van der Waals surface area contributed by atoms with Gasteiger partial charge in [-0.2, -0.15) is 0 Å². The number of para-hydroxylation sites is 1. The fourth-order valence-electron chi connectivity index (χ4n) is 9.04. The summed E-state index contributed by atoms with van der Waals surface area (Å²) < 4.78 is 5.24. The topological polar surface area (TPSA) is 307 Å². The van der Waals surface area contributed by atoms with E-state index in [0.29, 0.717) is 30.4 Å². The van der Waals surface area contributed by atoms with Gasteiger partial charge in [-0.1, -0.05) is 88.7 Å². The fraction of sp³-hybridized carbons (Fsp3) is 0.472. The molecule has 0 unspecified atom stereocenters. The van der Waals surface area contributed by atoms with Crippen molar-refractivity contribution < 1.29 is 68.0 Å². The molecule has 5 rings (SSSR count). The van der Waals surface area contributed by atoms with E-state index in [2.05, 4.69) is 26.6 Å². The third-order valence-electron chi connectivity index (χ3n) is 13.2. The molecule has 0 aliphatic carbocycles. The number of ether oxygens (including phenoxy) is 1. The van der Waals surface area contributed by atoms with Crippen molar-refractivity contribution in [1.82, 2.24) is 36.4 Å². The summed E-state index contributed by atoms with van der Waals surface area (Å²) in [5.41, 5.74) is 1.17. The summed E-state index contributed by atoms with van der Waals surface area (Å²) in [5.74, 6) is -9.47. The molecule has 0 aromatic heterocycles. The zero-order chi connectivity index (χ0) is 54.2. The first-order valence-electron chi connectivity index (χ1n) is 24.9. The van der Waals surface area contributed by atoms with Crippen LogP contribution in [0.2, 0.25) is 0 Å². The minimum Gasteiger partial charge on any atom is -0.508 e. The number of carbonyl (C=O) groups is 10. The highest BCUT2D eigenvalue weighted by atomic mass is 16.5. The maximum Gasteiger partial charge on any atom is 0.326 e. The number of rotatable bonds is 24. The van der Waals surface area contributed by atoms with E-state index in [1.807, 2.05) is 0 Å². The third-order valence-corrected chi connectivity index (χ3v) is 13.2. The SMILES string of the molecule is CC[C@H](C)[C@H](NC(=O)[C@@H]1CCCN1C(=O)[C@H](CCC(=O)O)NC(=O)[C@@H](NC(=O)[C@H](Cc1ccccc1)NC(=O)[C@@H]1CCCN1C(=O)[C@H](Cc1ccc(O)cc1)NC(=O)c1ccccc1OC(C)=O)C(C)C)C(=O)O. The van der Waals surface area contributed by atoms with Crippen LogP contribution in [0.4, 0.5) is 0 Å². The van der Waals surface area contributed by atoms with Crippen molar-refractivity contribution in [3.8, 4) is 11.5 Å². The minimum absolute atomic E-state index is 0.0259. The van der Waals surface area contributed by atoms with Crippen LogP contribution in [0, 0.1) is 11.8 Å². The number of hydrogen-bond acceptors (Lipinski definition) is 12. The molecule has 2 fully saturated rings. The van der Waals surface area contributed by atoms with Crippen LogP contribution in [0.25, 0.3) is 0 Å². The van der Waals surface area contributed by atoms with Crippen LogP contribution in [0.1, 0.15) is 101 Å². The Balaban J connectivity index is 1.36. The monoisotopic (exact) mass is 1030 g/mol. The molecule has 7 amide bonds. The van der Waals surface area contributed by atoms with Gasteiger partial charge in [0.05, 0.1) is 5.56 Å². The first-order chi connectivity index (χ1) is 35.2. The van der Waals surface area contributed by atoms with Gasteiger partial charge >= 0.3 is 17.9 Å². The molecule has 2 saturated heterocycles. The second-order valence-electron chi connectivity index (χ2n) is 19.1. The van der Waals surface area contributed by atoms with E-state index < -0.39 is 120 Å². The van der Waals surface area contributed by atoms with Gasteiger partial charge in [0, 0.05) is 39.3 Å². The van der Waals surface area contributed by atoms with E-state index in [1.165, 1.54) is 41.0 Å². The Kier molecular flexibility index (Phi) is 20.6. The molecular formula is C53H67N7O14. The highest BCUT2D eigenvalue weighted by Crippen LogP contribution is 2.25. The van der Waals surface area contributed by atoms with Crippen LogP contribution >= 0.6 is 0 Å². The maximum atomic E-state index is 14.6. The molecule has 74 heavy (non-hydrogen) atoms. The van der Waals surface area contributed by atoms with E-state index in [4.69, 9.17) is 4.74 Å². The maximum absolute atomic E-state index is 14.6. The quantitative estimate of drug-likeness (QED) is 0.0473. The van der Waals surface area contributed by atoms with Crippen LogP contribution < -0.4 is 31.3 Å². The fourth-order valence-corrected chi connectivity index (χ4v) is 9.04. The lowest BCUT2D eigenvalue weighted by Crippen LogP contribution is -2.61. The number of phenolic OH excluding ortho intramolecular Hbond substituents is 1. The van der Waals surface area contributed by atoms with E-state index in [-0.39, 0.29) is 62.3 Å². The third kappa shape index (κ3) is 15.6. The molecule has 8 atom stereocenters. The van der Waals surface area contributed by atoms with E-state index in [9.17, 15) is 63.3 Å². The van der Waals surface area contributed by atoms with Gasteiger partial charge in [0.15, 0.2) is 0 Å². The molecule has 21 heteroatoms. The molecule has 0 spiro atoms. The zero-order valence-electron chi connectivity index (χ0n) is 42.2. The largest absolute Gasteiger partial charge is 0.508 e. The Morgan fingerprint density at radius 3 is 1.76 bits per heavy atom. The number of nitrogens with zero attached hydrogens (tertiary/aromatic N) is 2. The standard InChI is InChI=1S/C53H67N7O14/c1-6-31(4)45(53(72)73)58-49(68)41-18-13-26-59(41)51(70)37(24-25-43(63)64)54-50(69)44(30(2)3)57-47(66)38(28-33-14-8-7-9-15-33)55-48(67)40-17-12-27-60(40)52(71)39(29-34-20-22-35(62)23-21-34)56-46(65)36-16-10-11-19-42(36)74-32(5)61/h7-11,14-16,19-23,30-31,37-41,44-45,62H,6,12-13,17-18,24-29H2,1-5H3,(H,54,69)(H,55,67)(H,56,65)(H,57,66)(H,58,68)(H,63,64)(H,72,73)/t31-,37-,38-,39-,40-,41-,44-,45-/m0/s1. The Bertz CT molecular complexity index is 2520. The smallest absolute Gasteiger partial charge is 0.326 e. The van der Waals surface area contributed by atoms with Gasteiger partial charge in [-0.05, 0) is 79.3 Å². The number of phenols is 1. The first-order valence-corrected chi connectivity index (χ1v) is 24.9. The number of carbonyl (C=O) groups excluding carboxylic acids is 8. The summed E-state index contributed by atoms with van der Waals surface area (Å²) in [6, 6.07) is 11.8. The summed E-state index contributed by atoms with van der Waals surface area (Å²) in [6.45, 7) is 8.07. The van der Waals surface area contributed by atoms with Crippen LogP contribution in [-0.4, -0.2) is 140 Å². The van der Waals surface area contributed by atoms with E-state index in [0.717, 1.165) is 0 Å².